The van der Waals surface area contributed by atoms with Crippen molar-refractivity contribution in [3.05, 3.63) is 53.5 Å². The number of nitrogens with two attached hydrogens (primary N) is 1. The largest absolute Gasteiger partial charge is 0.383 e. The molecule has 4 atom stereocenters. The van der Waals surface area contributed by atoms with Gasteiger partial charge in [-0.25, -0.2) is 9.97 Å². The van der Waals surface area contributed by atoms with Crippen LogP contribution in [-0.4, -0.2) is 38.4 Å². The Kier molecular flexibility index (Phi) is 4.71. The van der Waals surface area contributed by atoms with E-state index >= 15 is 0 Å². The predicted octanol–water partition coefficient (Wildman–Crippen LogP) is 2.90. The van der Waals surface area contributed by atoms with Crippen molar-refractivity contribution in [1.82, 2.24) is 19.9 Å². The zero-order chi connectivity index (χ0) is 22.7. The number of aryl methyl sites for hydroxylation is 1. The minimum atomic E-state index is -0.609. The third-order valence-corrected chi connectivity index (χ3v) is 7.35. The number of ether oxygens (including phenoxy) is 2. The minimum Gasteiger partial charge on any atom is -0.383 e. The molecule has 0 spiro atoms. The fraction of sp³-hybridized carbons (Fsp3) is 0.480. The Balaban J connectivity index is 1.25. The Hall–Kier alpha value is -2.97. The molecular formula is C25H29N5O3. The van der Waals surface area contributed by atoms with Gasteiger partial charge in [-0.3, -0.25) is 4.79 Å². The highest BCUT2D eigenvalue weighted by atomic mass is 16.8. The van der Waals surface area contributed by atoms with Gasteiger partial charge in [0.1, 0.15) is 23.9 Å². The van der Waals surface area contributed by atoms with Crippen molar-refractivity contribution < 1.29 is 14.3 Å². The van der Waals surface area contributed by atoms with Gasteiger partial charge in [0.15, 0.2) is 5.79 Å². The summed E-state index contributed by atoms with van der Waals surface area (Å²) in [6.45, 7) is 4.60. The van der Waals surface area contributed by atoms with Gasteiger partial charge in [-0.05, 0) is 61.8 Å². The van der Waals surface area contributed by atoms with E-state index in [1.165, 1.54) is 17.5 Å². The van der Waals surface area contributed by atoms with Crippen LogP contribution in [-0.2, 0) is 33.7 Å². The van der Waals surface area contributed by atoms with Crippen LogP contribution >= 0.6 is 0 Å². The third kappa shape index (κ3) is 3.57. The van der Waals surface area contributed by atoms with Gasteiger partial charge in [-0.15, -0.1) is 0 Å². The molecule has 6 rings (SSSR count). The Labute approximate surface area is 192 Å². The number of fused-ring (bicyclic) bond motifs is 3. The number of nitrogen functional groups attached to an aromatic ring is 1. The quantitative estimate of drug-likeness (QED) is 0.637. The lowest BCUT2D eigenvalue weighted by Crippen LogP contribution is -2.30. The van der Waals surface area contributed by atoms with Crippen LogP contribution in [0.4, 0.5) is 5.82 Å². The smallest absolute Gasteiger partial charge is 0.224 e. The Morgan fingerprint density at radius 2 is 2.03 bits per heavy atom. The van der Waals surface area contributed by atoms with E-state index < -0.39 is 5.79 Å². The lowest BCUT2D eigenvalue weighted by molar-refractivity contribution is -0.160. The van der Waals surface area contributed by atoms with Crippen molar-refractivity contribution >= 4 is 22.8 Å². The second-order valence-electron chi connectivity index (χ2n) is 9.94. The number of amides is 1. The number of rotatable bonds is 4. The number of carbonyl (C=O) groups excluding carboxylic acids is 1. The van der Waals surface area contributed by atoms with Crippen LogP contribution in [0.25, 0.3) is 11.0 Å². The standard InChI is InChI=1S/C25H29N5O3/c1-25(2)32-21-15(5-3-14-4-6-16-12-27-20(31)11-17(16)9-14)10-19(22(21)33-25)30-8-7-18-23(26)28-13-29-24(18)30/h4,6-9,13,15,19,21-22H,3,5,10-12H2,1-2H3,(H,27,31)(H2,26,28,29)/t15-,19+,21+,22-/m0/s1. The molecule has 1 aliphatic carbocycles. The van der Waals surface area contributed by atoms with Crippen LogP contribution < -0.4 is 11.1 Å². The van der Waals surface area contributed by atoms with Gasteiger partial charge < -0.3 is 25.1 Å². The maximum atomic E-state index is 11.8. The molecule has 3 N–H and O–H groups in total. The topological polar surface area (TPSA) is 104 Å². The molecule has 3 aromatic rings. The summed E-state index contributed by atoms with van der Waals surface area (Å²) in [5.74, 6) is 0.346. The molecule has 33 heavy (non-hydrogen) atoms. The van der Waals surface area contributed by atoms with E-state index in [4.69, 9.17) is 15.2 Å². The first-order valence-electron chi connectivity index (χ1n) is 11.7. The Morgan fingerprint density at radius 1 is 1.18 bits per heavy atom. The van der Waals surface area contributed by atoms with E-state index in [0.29, 0.717) is 24.7 Å². The van der Waals surface area contributed by atoms with Gasteiger partial charge in [-0.1, -0.05) is 18.2 Å². The molecule has 1 saturated carbocycles. The van der Waals surface area contributed by atoms with E-state index in [2.05, 4.69) is 38.1 Å². The molecule has 0 radical (unpaired) electrons. The van der Waals surface area contributed by atoms with Gasteiger partial charge >= 0.3 is 0 Å². The molecule has 8 nitrogen and oxygen atoms in total. The predicted molar refractivity (Wildman–Crippen MR) is 123 cm³/mol. The van der Waals surface area contributed by atoms with Crippen molar-refractivity contribution in [2.45, 2.75) is 70.1 Å². The molecule has 8 heteroatoms. The first-order valence-corrected chi connectivity index (χ1v) is 11.7. The SMILES string of the molecule is CC1(C)O[C@@H]2[C@@H](CCc3ccc4c(c3)CC(=O)NC4)C[C@@H](n3ccc4c(N)ncnc43)[C@@H]2O1. The number of hydrogen-bond donors (Lipinski definition) is 2. The normalized spacial score (nSPS) is 28.0. The van der Waals surface area contributed by atoms with Crippen molar-refractivity contribution in [3.8, 4) is 0 Å². The molecule has 0 bridgehead atoms. The highest BCUT2D eigenvalue weighted by Gasteiger charge is 2.54. The van der Waals surface area contributed by atoms with Crippen molar-refractivity contribution in [2.24, 2.45) is 5.92 Å². The highest BCUT2D eigenvalue weighted by molar-refractivity contribution is 5.86. The first kappa shape index (κ1) is 20.6. The zero-order valence-corrected chi connectivity index (χ0v) is 19.0. The average molecular weight is 448 g/mol. The molecule has 172 valence electrons. The minimum absolute atomic E-state index is 0.0324. The molecule has 2 aliphatic heterocycles. The maximum absolute atomic E-state index is 11.8. The number of aromatic nitrogens is 3. The number of benzene rings is 1. The maximum Gasteiger partial charge on any atom is 0.224 e. The van der Waals surface area contributed by atoms with Crippen LogP contribution in [0.15, 0.2) is 36.8 Å². The summed E-state index contributed by atoms with van der Waals surface area (Å²) in [5, 5.41) is 3.78. The van der Waals surface area contributed by atoms with Crippen LogP contribution in [0.2, 0.25) is 0 Å². The molecule has 4 heterocycles. The van der Waals surface area contributed by atoms with Crippen LogP contribution in [0, 0.1) is 5.92 Å². The third-order valence-electron chi connectivity index (χ3n) is 7.35. The molecule has 1 saturated heterocycles. The lowest BCUT2D eigenvalue weighted by atomic mass is 9.92. The summed E-state index contributed by atoms with van der Waals surface area (Å²) in [4.78, 5) is 20.4. The second-order valence-corrected chi connectivity index (χ2v) is 9.94. The summed E-state index contributed by atoms with van der Waals surface area (Å²) in [5.41, 5.74) is 10.5. The van der Waals surface area contributed by atoms with Gasteiger partial charge in [0.05, 0.1) is 24.0 Å². The second kappa shape index (κ2) is 7.53. The molecule has 0 unspecified atom stereocenters. The molecular weight excluding hydrogens is 418 g/mol. The summed E-state index contributed by atoms with van der Waals surface area (Å²) < 4.78 is 15.0. The van der Waals surface area contributed by atoms with E-state index in [9.17, 15) is 4.79 Å². The van der Waals surface area contributed by atoms with E-state index in [1.807, 2.05) is 26.1 Å². The average Bonchev–Trinajstić information content (AvgIpc) is 3.43. The number of nitrogens with zero attached hydrogens (tertiary/aromatic N) is 3. The number of anilines is 1. The fourth-order valence-corrected chi connectivity index (χ4v) is 5.82. The van der Waals surface area contributed by atoms with Gasteiger partial charge in [0, 0.05) is 12.7 Å². The summed E-state index contributed by atoms with van der Waals surface area (Å²) in [6.07, 6.45) is 6.92. The van der Waals surface area contributed by atoms with Crippen LogP contribution in [0.5, 0.6) is 0 Å². The lowest BCUT2D eigenvalue weighted by Gasteiger charge is -2.24. The summed E-state index contributed by atoms with van der Waals surface area (Å²) >= 11 is 0. The van der Waals surface area contributed by atoms with Gasteiger partial charge in [0.2, 0.25) is 5.91 Å². The highest BCUT2D eigenvalue weighted by Crippen LogP contribution is 2.49. The Bertz CT molecular complexity index is 1240. The van der Waals surface area contributed by atoms with Crippen LogP contribution in [0.1, 0.15) is 49.4 Å². The summed E-state index contributed by atoms with van der Waals surface area (Å²) in [7, 11) is 0. The molecule has 1 aromatic carbocycles. The number of hydrogen-bond acceptors (Lipinski definition) is 6. The van der Waals surface area contributed by atoms with E-state index in [1.54, 1.807) is 0 Å². The number of nitrogens with one attached hydrogen (secondary N) is 1. The van der Waals surface area contributed by atoms with Crippen molar-refractivity contribution in [3.63, 3.8) is 0 Å². The fourth-order valence-electron chi connectivity index (χ4n) is 5.82. The monoisotopic (exact) mass is 447 g/mol. The molecule has 2 fully saturated rings. The van der Waals surface area contributed by atoms with Crippen molar-refractivity contribution in [1.29, 1.82) is 0 Å². The van der Waals surface area contributed by atoms with Crippen molar-refractivity contribution in [2.75, 3.05) is 5.73 Å². The van der Waals surface area contributed by atoms with E-state index in [0.717, 1.165) is 35.9 Å². The summed E-state index contributed by atoms with van der Waals surface area (Å²) in [6, 6.07) is 8.65. The van der Waals surface area contributed by atoms with Gasteiger partial charge in [-0.2, -0.15) is 0 Å². The molecule has 1 amide bonds. The first-order chi connectivity index (χ1) is 15.9. The number of carbonyl (C=O) groups is 1. The van der Waals surface area contributed by atoms with Gasteiger partial charge in [0.25, 0.3) is 0 Å². The molecule has 2 aromatic heterocycles. The molecule has 3 aliphatic rings. The zero-order valence-electron chi connectivity index (χ0n) is 19.0. The van der Waals surface area contributed by atoms with Crippen LogP contribution in [0.3, 0.4) is 0 Å². The van der Waals surface area contributed by atoms with E-state index in [-0.39, 0.29) is 24.2 Å². The Morgan fingerprint density at radius 3 is 2.91 bits per heavy atom.